The van der Waals surface area contributed by atoms with Crippen molar-refractivity contribution in [2.24, 2.45) is 0 Å². The Labute approximate surface area is 144 Å². The molecule has 0 saturated carbocycles. The molecular formula is C16H18ClN3O4. The molecule has 2 heterocycles. The number of imide groups is 1. The van der Waals surface area contributed by atoms with Crippen LogP contribution in [0.2, 0.25) is 5.02 Å². The molecular weight excluding hydrogens is 334 g/mol. The molecule has 8 heteroatoms. The van der Waals surface area contributed by atoms with Crippen LogP contribution in [0.25, 0.3) is 0 Å². The van der Waals surface area contributed by atoms with Gasteiger partial charge >= 0.3 is 6.03 Å². The average Bonchev–Trinajstić information content (AvgIpc) is 2.83. The second-order valence-corrected chi connectivity index (χ2v) is 6.36. The number of piperidine rings is 1. The molecule has 2 fully saturated rings. The van der Waals surface area contributed by atoms with E-state index < -0.39 is 11.6 Å². The van der Waals surface area contributed by atoms with Crippen LogP contribution in [0.1, 0.15) is 18.4 Å². The third-order valence-corrected chi connectivity index (χ3v) is 4.79. The highest BCUT2D eigenvalue weighted by atomic mass is 35.5. The van der Waals surface area contributed by atoms with Crippen molar-refractivity contribution in [1.29, 1.82) is 0 Å². The lowest BCUT2D eigenvalue weighted by atomic mass is 9.88. The third-order valence-electron chi connectivity index (χ3n) is 4.43. The predicted octanol–water partition coefficient (Wildman–Crippen LogP) is 1.06. The van der Waals surface area contributed by atoms with E-state index in [2.05, 4.69) is 10.6 Å². The summed E-state index contributed by atoms with van der Waals surface area (Å²) in [5, 5.41) is 5.52. The van der Waals surface area contributed by atoms with E-state index >= 15 is 0 Å². The van der Waals surface area contributed by atoms with Gasteiger partial charge in [0.2, 0.25) is 5.91 Å². The summed E-state index contributed by atoms with van der Waals surface area (Å²) in [5.74, 6) is -0.448. The standard InChI is InChI=1S/C16H18ClN3O4/c17-12-4-2-1-3-11(12)9-24-10-13(21)20-7-5-16(6-8-20)14(22)18-15(23)19-16/h1-4H,5-10H2,(H2,18,19,22,23). The fraction of sp³-hybridized carbons (Fsp3) is 0.438. The van der Waals surface area contributed by atoms with Crippen molar-refractivity contribution >= 4 is 29.4 Å². The van der Waals surface area contributed by atoms with Crippen LogP contribution in [-0.4, -0.2) is 48.0 Å². The first-order chi connectivity index (χ1) is 11.5. The first-order valence-electron chi connectivity index (χ1n) is 7.73. The lowest BCUT2D eigenvalue weighted by Gasteiger charge is -2.36. The summed E-state index contributed by atoms with van der Waals surface area (Å²) in [5.41, 5.74) is -0.0402. The summed E-state index contributed by atoms with van der Waals surface area (Å²) in [6, 6.07) is 6.84. The maximum Gasteiger partial charge on any atom is 0.322 e. The molecule has 1 aromatic rings. The maximum atomic E-state index is 12.2. The molecule has 1 aromatic carbocycles. The van der Waals surface area contributed by atoms with E-state index in [1.807, 2.05) is 18.2 Å². The molecule has 0 aromatic heterocycles. The SMILES string of the molecule is O=C1NC(=O)C2(CCN(C(=O)COCc3ccccc3Cl)CC2)N1. The van der Waals surface area contributed by atoms with Crippen LogP contribution in [0.15, 0.2) is 24.3 Å². The molecule has 1 spiro atoms. The van der Waals surface area contributed by atoms with E-state index in [4.69, 9.17) is 16.3 Å². The number of amides is 4. The average molecular weight is 352 g/mol. The number of halogens is 1. The number of rotatable bonds is 4. The van der Waals surface area contributed by atoms with Crippen molar-refractivity contribution in [3.8, 4) is 0 Å². The Kier molecular flexibility index (Phi) is 4.73. The molecule has 0 bridgehead atoms. The highest BCUT2D eigenvalue weighted by Crippen LogP contribution is 2.25. The number of nitrogens with one attached hydrogen (secondary N) is 2. The highest BCUT2D eigenvalue weighted by molar-refractivity contribution is 6.31. The van der Waals surface area contributed by atoms with Gasteiger partial charge in [0, 0.05) is 18.1 Å². The Bertz CT molecular complexity index is 671. The zero-order chi connectivity index (χ0) is 17.2. The van der Waals surface area contributed by atoms with Gasteiger partial charge in [0.1, 0.15) is 12.1 Å². The van der Waals surface area contributed by atoms with Gasteiger partial charge in [-0.3, -0.25) is 14.9 Å². The molecule has 0 aliphatic carbocycles. The molecule has 24 heavy (non-hydrogen) atoms. The molecule has 2 aliphatic heterocycles. The Morgan fingerprint density at radius 2 is 1.96 bits per heavy atom. The topological polar surface area (TPSA) is 87.7 Å². The van der Waals surface area contributed by atoms with E-state index in [0.717, 1.165) is 5.56 Å². The minimum absolute atomic E-state index is 0.0449. The molecule has 2 aliphatic rings. The second-order valence-electron chi connectivity index (χ2n) is 5.96. The lowest BCUT2D eigenvalue weighted by Crippen LogP contribution is -2.56. The van der Waals surface area contributed by atoms with Gasteiger partial charge in [0.15, 0.2) is 0 Å². The summed E-state index contributed by atoms with van der Waals surface area (Å²) >= 11 is 6.04. The van der Waals surface area contributed by atoms with Crippen molar-refractivity contribution in [1.82, 2.24) is 15.5 Å². The minimum Gasteiger partial charge on any atom is -0.367 e. The molecule has 4 amide bonds. The molecule has 2 saturated heterocycles. The van der Waals surface area contributed by atoms with Crippen LogP contribution in [0.3, 0.4) is 0 Å². The molecule has 0 radical (unpaired) electrons. The largest absolute Gasteiger partial charge is 0.367 e. The van der Waals surface area contributed by atoms with Crippen molar-refractivity contribution < 1.29 is 19.1 Å². The van der Waals surface area contributed by atoms with E-state index in [1.165, 1.54) is 0 Å². The fourth-order valence-electron chi connectivity index (χ4n) is 2.97. The van der Waals surface area contributed by atoms with Gasteiger partial charge in [-0.25, -0.2) is 4.79 Å². The zero-order valence-electron chi connectivity index (χ0n) is 13.0. The lowest BCUT2D eigenvalue weighted by molar-refractivity contribution is -0.140. The van der Waals surface area contributed by atoms with Gasteiger partial charge in [0.05, 0.1) is 6.61 Å². The highest BCUT2D eigenvalue weighted by Gasteiger charge is 2.48. The van der Waals surface area contributed by atoms with E-state index in [0.29, 0.717) is 31.0 Å². The predicted molar refractivity (Wildman–Crippen MR) is 86.3 cm³/mol. The zero-order valence-corrected chi connectivity index (χ0v) is 13.8. The molecule has 0 atom stereocenters. The summed E-state index contributed by atoms with van der Waals surface area (Å²) in [4.78, 5) is 37.0. The Balaban J connectivity index is 1.47. The van der Waals surface area contributed by atoms with E-state index in [-0.39, 0.29) is 25.0 Å². The van der Waals surface area contributed by atoms with Crippen molar-refractivity contribution in [2.75, 3.05) is 19.7 Å². The fourth-order valence-corrected chi connectivity index (χ4v) is 3.16. The number of carbonyl (C=O) groups excluding carboxylic acids is 3. The van der Waals surface area contributed by atoms with Crippen LogP contribution in [0, 0.1) is 0 Å². The van der Waals surface area contributed by atoms with E-state index in [1.54, 1.807) is 11.0 Å². The monoisotopic (exact) mass is 351 g/mol. The number of ether oxygens (including phenoxy) is 1. The summed E-state index contributed by atoms with van der Waals surface area (Å²) in [7, 11) is 0. The van der Waals surface area contributed by atoms with Crippen LogP contribution in [-0.2, 0) is 20.9 Å². The van der Waals surface area contributed by atoms with Gasteiger partial charge < -0.3 is 15.0 Å². The van der Waals surface area contributed by atoms with Crippen LogP contribution in [0.4, 0.5) is 4.79 Å². The number of hydrogen-bond donors (Lipinski definition) is 2. The Hall–Kier alpha value is -2.12. The number of benzene rings is 1. The molecule has 2 N–H and O–H groups in total. The normalized spacial score (nSPS) is 19.3. The molecule has 0 unspecified atom stereocenters. The van der Waals surface area contributed by atoms with Crippen molar-refractivity contribution in [2.45, 2.75) is 25.0 Å². The van der Waals surface area contributed by atoms with Gasteiger partial charge in [-0.2, -0.15) is 0 Å². The van der Waals surface area contributed by atoms with Crippen LogP contribution in [0.5, 0.6) is 0 Å². The maximum absolute atomic E-state index is 12.2. The summed E-state index contributed by atoms with van der Waals surface area (Å²) < 4.78 is 5.45. The van der Waals surface area contributed by atoms with Crippen LogP contribution < -0.4 is 10.6 Å². The summed E-state index contributed by atoms with van der Waals surface area (Å²) in [6.45, 7) is 1.03. The molecule has 3 rings (SSSR count). The van der Waals surface area contributed by atoms with Crippen LogP contribution >= 0.6 is 11.6 Å². The molecule has 7 nitrogen and oxygen atoms in total. The smallest absolute Gasteiger partial charge is 0.322 e. The first-order valence-corrected chi connectivity index (χ1v) is 8.10. The van der Waals surface area contributed by atoms with E-state index in [9.17, 15) is 14.4 Å². The minimum atomic E-state index is -0.869. The number of hydrogen-bond acceptors (Lipinski definition) is 4. The Morgan fingerprint density at radius 3 is 2.58 bits per heavy atom. The number of nitrogens with zero attached hydrogens (tertiary/aromatic N) is 1. The summed E-state index contributed by atoms with van der Waals surface area (Å²) in [6.07, 6.45) is 0.807. The second kappa shape index (κ2) is 6.78. The van der Waals surface area contributed by atoms with Gasteiger partial charge in [-0.15, -0.1) is 0 Å². The first kappa shape index (κ1) is 16.7. The van der Waals surface area contributed by atoms with Crippen molar-refractivity contribution in [3.05, 3.63) is 34.9 Å². The number of urea groups is 1. The van der Waals surface area contributed by atoms with Crippen molar-refractivity contribution in [3.63, 3.8) is 0 Å². The third kappa shape index (κ3) is 3.37. The van der Waals surface area contributed by atoms with Gasteiger partial charge in [-0.05, 0) is 24.5 Å². The number of carbonyl (C=O) groups is 3. The Morgan fingerprint density at radius 1 is 1.25 bits per heavy atom. The number of likely N-dealkylation sites (tertiary alicyclic amines) is 1. The van der Waals surface area contributed by atoms with Gasteiger partial charge in [-0.1, -0.05) is 29.8 Å². The molecule has 128 valence electrons. The van der Waals surface area contributed by atoms with Gasteiger partial charge in [0.25, 0.3) is 5.91 Å². The quantitative estimate of drug-likeness (QED) is 0.794.